The first-order valence-corrected chi connectivity index (χ1v) is 11.5. The van der Waals surface area contributed by atoms with Crippen LogP contribution in [0.5, 0.6) is 0 Å². The number of anilines is 2. The summed E-state index contributed by atoms with van der Waals surface area (Å²) in [5, 5.41) is 3.21. The van der Waals surface area contributed by atoms with Crippen LogP contribution in [0.4, 0.5) is 16.0 Å². The minimum Gasteiger partial charge on any atom is -0.324 e. The van der Waals surface area contributed by atoms with E-state index in [0.717, 1.165) is 41.3 Å². The van der Waals surface area contributed by atoms with Gasteiger partial charge in [0, 0.05) is 29.3 Å². The predicted octanol–water partition coefficient (Wildman–Crippen LogP) is 4.21. The van der Waals surface area contributed by atoms with Crippen molar-refractivity contribution in [1.82, 2.24) is 19.3 Å². The smallest absolute Gasteiger partial charge is 0.243 e. The molecule has 0 unspecified atom stereocenters. The van der Waals surface area contributed by atoms with Gasteiger partial charge in [-0.1, -0.05) is 0 Å². The molecular formula is C22H24FN5O2S. The molecule has 3 heterocycles. The molecule has 1 saturated heterocycles. The molecule has 1 N–H and O–H groups in total. The summed E-state index contributed by atoms with van der Waals surface area (Å²) in [5.74, 6) is 0.0119. The van der Waals surface area contributed by atoms with Crippen molar-refractivity contribution in [2.45, 2.75) is 44.6 Å². The van der Waals surface area contributed by atoms with E-state index in [0.29, 0.717) is 24.6 Å². The lowest BCUT2D eigenvalue weighted by atomic mass is 10.1. The Bertz CT molecular complexity index is 1190. The Hall–Kier alpha value is -2.91. The third-order valence-electron chi connectivity index (χ3n) is 5.18. The first-order valence-electron chi connectivity index (χ1n) is 10.1. The Kier molecular flexibility index (Phi) is 5.72. The average Bonchev–Trinajstić information content (AvgIpc) is 3.18. The minimum absolute atomic E-state index is 0.0791. The highest BCUT2D eigenvalue weighted by Crippen LogP contribution is 2.37. The fourth-order valence-corrected chi connectivity index (χ4v) is 5.58. The SMILES string of the molecule is Cc1cc(Nc2nc(C)cc(C)n2)cc([C@H]2CCCN2S(=O)(=O)c2ccc(F)cc2)n1. The van der Waals surface area contributed by atoms with Crippen molar-refractivity contribution in [2.24, 2.45) is 0 Å². The summed E-state index contributed by atoms with van der Waals surface area (Å²) < 4.78 is 41.1. The molecule has 1 atom stereocenters. The second-order valence-electron chi connectivity index (χ2n) is 7.75. The number of nitrogens with zero attached hydrogens (tertiary/aromatic N) is 4. The zero-order valence-corrected chi connectivity index (χ0v) is 18.4. The van der Waals surface area contributed by atoms with Gasteiger partial charge in [-0.05, 0) is 76.1 Å². The molecule has 0 aliphatic carbocycles. The number of aromatic nitrogens is 3. The van der Waals surface area contributed by atoms with Gasteiger partial charge in [0.15, 0.2) is 0 Å². The second kappa shape index (κ2) is 8.32. The first-order chi connectivity index (χ1) is 14.7. The minimum atomic E-state index is -3.77. The van der Waals surface area contributed by atoms with Crippen LogP contribution < -0.4 is 5.32 Å². The molecule has 1 fully saturated rings. The number of nitrogens with one attached hydrogen (secondary N) is 1. The van der Waals surface area contributed by atoms with Crippen LogP contribution in [0.3, 0.4) is 0 Å². The van der Waals surface area contributed by atoms with Crippen molar-refractivity contribution < 1.29 is 12.8 Å². The lowest BCUT2D eigenvalue weighted by Gasteiger charge is -2.24. The molecule has 7 nitrogen and oxygen atoms in total. The molecule has 1 aliphatic rings. The quantitative estimate of drug-likeness (QED) is 0.638. The number of halogens is 1. The molecule has 0 spiro atoms. The van der Waals surface area contributed by atoms with Crippen LogP contribution in [0.1, 0.15) is 41.7 Å². The lowest BCUT2D eigenvalue weighted by Crippen LogP contribution is -2.31. The maximum atomic E-state index is 13.3. The lowest BCUT2D eigenvalue weighted by molar-refractivity contribution is 0.390. The Labute approximate surface area is 181 Å². The Balaban J connectivity index is 1.66. The topological polar surface area (TPSA) is 88.1 Å². The van der Waals surface area contributed by atoms with Gasteiger partial charge in [0.05, 0.1) is 16.6 Å². The van der Waals surface area contributed by atoms with Gasteiger partial charge in [-0.2, -0.15) is 4.31 Å². The van der Waals surface area contributed by atoms with Gasteiger partial charge in [-0.15, -0.1) is 0 Å². The average molecular weight is 442 g/mol. The Morgan fingerprint density at radius 1 is 0.968 bits per heavy atom. The summed E-state index contributed by atoms with van der Waals surface area (Å²) in [6.07, 6.45) is 1.39. The van der Waals surface area contributed by atoms with Crippen LogP contribution in [0.2, 0.25) is 0 Å². The molecule has 162 valence electrons. The van der Waals surface area contributed by atoms with Crippen molar-refractivity contribution in [3.05, 3.63) is 71.1 Å². The van der Waals surface area contributed by atoms with Crippen molar-refractivity contribution in [1.29, 1.82) is 0 Å². The largest absolute Gasteiger partial charge is 0.324 e. The molecule has 3 aromatic rings. The molecule has 0 radical (unpaired) electrons. The molecule has 9 heteroatoms. The van der Waals surface area contributed by atoms with E-state index in [2.05, 4.69) is 20.3 Å². The number of benzene rings is 1. The van der Waals surface area contributed by atoms with Crippen LogP contribution in [-0.4, -0.2) is 34.2 Å². The maximum absolute atomic E-state index is 13.3. The highest BCUT2D eigenvalue weighted by Gasteiger charge is 2.37. The van der Waals surface area contributed by atoms with E-state index in [-0.39, 0.29) is 4.90 Å². The van der Waals surface area contributed by atoms with Gasteiger partial charge in [-0.3, -0.25) is 4.98 Å². The highest BCUT2D eigenvalue weighted by molar-refractivity contribution is 7.89. The van der Waals surface area contributed by atoms with Gasteiger partial charge in [0.25, 0.3) is 0 Å². The van der Waals surface area contributed by atoms with E-state index >= 15 is 0 Å². The summed E-state index contributed by atoms with van der Waals surface area (Å²) >= 11 is 0. The van der Waals surface area contributed by atoms with E-state index in [4.69, 9.17) is 0 Å². The summed E-state index contributed by atoms with van der Waals surface area (Å²) in [4.78, 5) is 13.5. The van der Waals surface area contributed by atoms with Gasteiger partial charge >= 0.3 is 0 Å². The molecular weight excluding hydrogens is 417 g/mol. The van der Waals surface area contributed by atoms with Crippen molar-refractivity contribution in [3.63, 3.8) is 0 Å². The van der Waals surface area contributed by atoms with Gasteiger partial charge in [0.1, 0.15) is 5.82 Å². The van der Waals surface area contributed by atoms with Gasteiger partial charge in [-0.25, -0.2) is 22.8 Å². The van der Waals surface area contributed by atoms with E-state index in [1.807, 2.05) is 39.0 Å². The summed E-state index contributed by atoms with van der Waals surface area (Å²) in [5.41, 5.74) is 3.88. The van der Waals surface area contributed by atoms with Crippen molar-refractivity contribution in [3.8, 4) is 0 Å². The van der Waals surface area contributed by atoms with E-state index in [9.17, 15) is 12.8 Å². The molecule has 2 aromatic heterocycles. The standard InChI is InChI=1S/C22H24FN5O2S/c1-14-11-15(2)26-22(25-14)27-18-12-16(3)24-20(13-18)21-5-4-10-28(21)31(29,30)19-8-6-17(23)7-9-19/h6-9,11-13,21H,4-5,10H2,1-3H3,(H,24,25,26,27)/t21-/m1/s1. The molecule has 1 aliphatic heterocycles. The summed E-state index contributed by atoms with van der Waals surface area (Å²) in [6.45, 7) is 6.06. The third kappa shape index (κ3) is 4.57. The summed E-state index contributed by atoms with van der Waals surface area (Å²) in [6, 6.07) is 10.1. The van der Waals surface area contributed by atoms with Crippen LogP contribution in [-0.2, 0) is 10.0 Å². The van der Waals surface area contributed by atoms with Gasteiger partial charge < -0.3 is 5.32 Å². The fraction of sp³-hybridized carbons (Fsp3) is 0.318. The molecule has 0 saturated carbocycles. The van der Waals surface area contributed by atoms with Crippen LogP contribution >= 0.6 is 0 Å². The second-order valence-corrected chi connectivity index (χ2v) is 9.64. The maximum Gasteiger partial charge on any atom is 0.243 e. The van der Waals surface area contributed by atoms with Gasteiger partial charge in [0.2, 0.25) is 16.0 Å². The fourth-order valence-electron chi connectivity index (χ4n) is 3.91. The molecule has 4 rings (SSSR count). The van der Waals surface area contributed by atoms with E-state index in [1.165, 1.54) is 16.4 Å². The number of hydrogen-bond donors (Lipinski definition) is 1. The Morgan fingerprint density at radius 2 is 1.61 bits per heavy atom. The normalized spacial score (nSPS) is 17.1. The van der Waals surface area contributed by atoms with E-state index < -0.39 is 21.9 Å². The number of sulfonamides is 1. The zero-order chi connectivity index (χ0) is 22.2. The highest BCUT2D eigenvalue weighted by atomic mass is 32.2. The van der Waals surface area contributed by atoms with Crippen LogP contribution in [0.25, 0.3) is 0 Å². The predicted molar refractivity (Wildman–Crippen MR) is 116 cm³/mol. The number of aryl methyl sites for hydroxylation is 3. The molecule has 1 aromatic carbocycles. The van der Waals surface area contributed by atoms with Crippen LogP contribution in [0.15, 0.2) is 47.4 Å². The number of rotatable bonds is 5. The molecule has 0 bridgehead atoms. The van der Waals surface area contributed by atoms with Crippen molar-refractivity contribution in [2.75, 3.05) is 11.9 Å². The van der Waals surface area contributed by atoms with Crippen LogP contribution in [0, 0.1) is 26.6 Å². The zero-order valence-electron chi connectivity index (χ0n) is 17.6. The van der Waals surface area contributed by atoms with E-state index in [1.54, 1.807) is 0 Å². The summed E-state index contributed by atoms with van der Waals surface area (Å²) in [7, 11) is -3.77. The monoisotopic (exact) mass is 441 g/mol. The number of hydrogen-bond acceptors (Lipinski definition) is 6. The molecule has 31 heavy (non-hydrogen) atoms. The molecule has 0 amide bonds. The Morgan fingerprint density at radius 3 is 2.29 bits per heavy atom. The third-order valence-corrected chi connectivity index (χ3v) is 7.10. The van der Waals surface area contributed by atoms with Crippen molar-refractivity contribution >= 4 is 21.7 Å². The number of pyridine rings is 1. The first kappa shape index (κ1) is 21.3.